The molecular formula is C12H20ClN3OS. The summed E-state index contributed by atoms with van der Waals surface area (Å²) in [6, 6.07) is 1.83. The zero-order valence-electron chi connectivity index (χ0n) is 11.2. The van der Waals surface area contributed by atoms with Crippen LogP contribution in [0.1, 0.15) is 27.2 Å². The van der Waals surface area contributed by atoms with Crippen molar-refractivity contribution in [2.75, 3.05) is 18.2 Å². The number of hydrogen-bond donors (Lipinski definition) is 2. The fraction of sp³-hybridized carbons (Fsp3) is 0.667. The Morgan fingerprint density at radius 2 is 2.11 bits per heavy atom. The summed E-state index contributed by atoms with van der Waals surface area (Å²) in [5.74, 6) is 0.702. The number of anilines is 1. The maximum atomic E-state index is 9.13. The molecule has 18 heavy (non-hydrogen) atoms. The van der Waals surface area contributed by atoms with Gasteiger partial charge in [0.15, 0.2) is 5.16 Å². The lowest BCUT2D eigenvalue weighted by molar-refractivity contribution is 0.235. The minimum atomic E-state index is 0.0275. The molecule has 1 heterocycles. The Morgan fingerprint density at radius 3 is 2.61 bits per heavy atom. The van der Waals surface area contributed by atoms with Crippen molar-refractivity contribution >= 4 is 29.2 Å². The highest BCUT2D eigenvalue weighted by molar-refractivity contribution is 7.98. The van der Waals surface area contributed by atoms with E-state index in [2.05, 4.69) is 36.1 Å². The average molecular weight is 290 g/mol. The number of nitrogens with zero attached hydrogens (tertiary/aromatic N) is 2. The summed E-state index contributed by atoms with van der Waals surface area (Å²) < 4.78 is 0. The highest BCUT2D eigenvalue weighted by Gasteiger charge is 2.24. The number of rotatable bonds is 5. The largest absolute Gasteiger partial charge is 0.396 e. The lowest BCUT2D eigenvalue weighted by Gasteiger charge is -2.31. The van der Waals surface area contributed by atoms with Gasteiger partial charge in [-0.25, -0.2) is 9.97 Å². The van der Waals surface area contributed by atoms with E-state index in [4.69, 9.17) is 16.7 Å². The van der Waals surface area contributed by atoms with E-state index in [1.165, 1.54) is 11.8 Å². The lowest BCUT2D eigenvalue weighted by Crippen LogP contribution is -2.35. The molecule has 102 valence electrons. The van der Waals surface area contributed by atoms with Gasteiger partial charge in [0.2, 0.25) is 0 Å². The number of aliphatic hydroxyl groups excluding tert-OH is 1. The highest BCUT2D eigenvalue weighted by Crippen LogP contribution is 2.26. The molecule has 0 bridgehead atoms. The van der Waals surface area contributed by atoms with Crippen LogP contribution in [0, 0.1) is 5.41 Å². The van der Waals surface area contributed by atoms with Gasteiger partial charge in [0.25, 0.3) is 0 Å². The van der Waals surface area contributed by atoms with E-state index in [9.17, 15) is 0 Å². The predicted octanol–water partition coefficient (Wildman–Crippen LogP) is 3.06. The molecule has 0 fully saturated rings. The molecule has 0 aromatic carbocycles. The van der Waals surface area contributed by atoms with Gasteiger partial charge in [-0.2, -0.15) is 0 Å². The summed E-state index contributed by atoms with van der Waals surface area (Å²) in [7, 11) is 0. The van der Waals surface area contributed by atoms with E-state index in [-0.39, 0.29) is 18.1 Å². The molecule has 0 spiro atoms. The summed E-state index contributed by atoms with van der Waals surface area (Å²) in [5, 5.41) is 13.5. The molecule has 1 aromatic heterocycles. The van der Waals surface area contributed by atoms with Gasteiger partial charge in [-0.3, -0.25) is 0 Å². The van der Waals surface area contributed by atoms with Crippen molar-refractivity contribution in [1.82, 2.24) is 9.97 Å². The second-order valence-corrected chi connectivity index (χ2v) is 6.30. The number of thioether (sulfide) groups is 1. The molecule has 1 aromatic rings. The Morgan fingerprint density at radius 1 is 1.44 bits per heavy atom. The first-order valence-corrected chi connectivity index (χ1v) is 7.43. The van der Waals surface area contributed by atoms with Gasteiger partial charge in [0, 0.05) is 18.7 Å². The van der Waals surface area contributed by atoms with Crippen LogP contribution in [-0.2, 0) is 0 Å². The maximum Gasteiger partial charge on any atom is 0.190 e. The van der Waals surface area contributed by atoms with E-state index in [0.717, 1.165) is 0 Å². The Labute approximate surface area is 118 Å². The van der Waals surface area contributed by atoms with Gasteiger partial charge in [-0.05, 0) is 18.1 Å². The van der Waals surface area contributed by atoms with Crippen molar-refractivity contribution in [3.8, 4) is 0 Å². The highest BCUT2D eigenvalue weighted by atomic mass is 35.5. The first kappa shape index (κ1) is 15.5. The third-order valence-electron chi connectivity index (χ3n) is 2.64. The van der Waals surface area contributed by atoms with Gasteiger partial charge < -0.3 is 10.4 Å². The van der Waals surface area contributed by atoms with E-state index < -0.39 is 0 Å². The quantitative estimate of drug-likeness (QED) is 0.496. The number of hydrogen-bond acceptors (Lipinski definition) is 5. The first-order chi connectivity index (χ1) is 8.36. The Hall–Kier alpha value is -0.520. The summed E-state index contributed by atoms with van der Waals surface area (Å²) >= 11 is 7.40. The SMILES string of the molecule is CSc1nc(Cl)cc(NC(CCO)C(C)(C)C)n1. The summed E-state index contributed by atoms with van der Waals surface area (Å²) in [6.07, 6.45) is 2.57. The molecule has 1 rings (SSSR count). The van der Waals surface area contributed by atoms with E-state index in [1.807, 2.05) is 6.26 Å². The van der Waals surface area contributed by atoms with Crippen molar-refractivity contribution in [3.63, 3.8) is 0 Å². The van der Waals surface area contributed by atoms with Crippen LogP contribution in [0.2, 0.25) is 5.15 Å². The van der Waals surface area contributed by atoms with Crippen molar-refractivity contribution < 1.29 is 5.11 Å². The van der Waals surface area contributed by atoms with E-state index in [1.54, 1.807) is 6.07 Å². The van der Waals surface area contributed by atoms with Crippen molar-refractivity contribution in [2.24, 2.45) is 5.41 Å². The van der Waals surface area contributed by atoms with Crippen LogP contribution in [0.3, 0.4) is 0 Å². The molecule has 0 saturated heterocycles. The smallest absolute Gasteiger partial charge is 0.190 e. The van der Waals surface area contributed by atoms with E-state index in [0.29, 0.717) is 22.5 Å². The molecule has 0 amide bonds. The minimum Gasteiger partial charge on any atom is -0.396 e. The predicted molar refractivity (Wildman–Crippen MR) is 77.4 cm³/mol. The van der Waals surface area contributed by atoms with Crippen LogP contribution in [0.4, 0.5) is 5.82 Å². The summed E-state index contributed by atoms with van der Waals surface area (Å²) in [6.45, 7) is 6.51. The molecule has 0 saturated carbocycles. The second kappa shape index (κ2) is 6.59. The van der Waals surface area contributed by atoms with Crippen LogP contribution in [-0.4, -0.2) is 34.0 Å². The van der Waals surface area contributed by atoms with Gasteiger partial charge in [-0.15, -0.1) is 0 Å². The normalized spacial score (nSPS) is 13.4. The Balaban J connectivity index is 2.90. The van der Waals surface area contributed by atoms with Crippen molar-refractivity contribution in [2.45, 2.75) is 38.4 Å². The summed E-state index contributed by atoms with van der Waals surface area (Å²) in [5.41, 5.74) is 0.0275. The maximum absolute atomic E-state index is 9.13. The number of aromatic nitrogens is 2. The van der Waals surface area contributed by atoms with Crippen LogP contribution in [0.25, 0.3) is 0 Å². The van der Waals surface area contributed by atoms with Gasteiger partial charge in [0.05, 0.1) is 0 Å². The van der Waals surface area contributed by atoms with Crippen LogP contribution < -0.4 is 5.32 Å². The molecule has 0 radical (unpaired) electrons. The molecule has 0 aliphatic rings. The minimum absolute atomic E-state index is 0.0275. The second-order valence-electron chi connectivity index (χ2n) is 5.14. The topological polar surface area (TPSA) is 58.0 Å². The average Bonchev–Trinajstić information content (AvgIpc) is 2.26. The Kier molecular flexibility index (Phi) is 5.69. The van der Waals surface area contributed by atoms with E-state index >= 15 is 0 Å². The lowest BCUT2D eigenvalue weighted by atomic mass is 9.85. The third-order valence-corrected chi connectivity index (χ3v) is 3.38. The zero-order valence-corrected chi connectivity index (χ0v) is 12.8. The van der Waals surface area contributed by atoms with Gasteiger partial charge in [0.1, 0.15) is 11.0 Å². The zero-order chi connectivity index (χ0) is 13.8. The third kappa shape index (κ3) is 4.63. The van der Waals surface area contributed by atoms with Crippen LogP contribution >= 0.6 is 23.4 Å². The summed E-state index contributed by atoms with van der Waals surface area (Å²) in [4.78, 5) is 8.46. The van der Waals surface area contributed by atoms with Crippen molar-refractivity contribution in [3.05, 3.63) is 11.2 Å². The standard InChI is InChI=1S/C12H20ClN3OS/c1-12(2,3)8(5-6-17)14-10-7-9(13)15-11(16-10)18-4/h7-8,17H,5-6H2,1-4H3,(H,14,15,16). The molecule has 1 atom stereocenters. The molecule has 6 heteroatoms. The van der Waals surface area contributed by atoms with Crippen LogP contribution in [0.15, 0.2) is 11.2 Å². The molecule has 4 nitrogen and oxygen atoms in total. The first-order valence-electron chi connectivity index (χ1n) is 5.82. The molecule has 0 aliphatic heterocycles. The Bertz CT molecular complexity index is 395. The number of halogens is 1. The van der Waals surface area contributed by atoms with Crippen LogP contribution in [0.5, 0.6) is 0 Å². The number of aliphatic hydroxyl groups is 1. The fourth-order valence-electron chi connectivity index (χ4n) is 1.59. The molecular weight excluding hydrogens is 270 g/mol. The van der Waals surface area contributed by atoms with Crippen molar-refractivity contribution in [1.29, 1.82) is 0 Å². The molecule has 1 unspecified atom stereocenters. The number of nitrogens with one attached hydrogen (secondary N) is 1. The van der Waals surface area contributed by atoms with Gasteiger partial charge >= 0.3 is 0 Å². The molecule has 2 N–H and O–H groups in total. The monoisotopic (exact) mass is 289 g/mol. The molecule has 0 aliphatic carbocycles. The fourth-order valence-corrected chi connectivity index (χ4v) is 2.20. The van der Waals surface area contributed by atoms with Gasteiger partial charge in [-0.1, -0.05) is 44.1 Å².